The molecule has 0 aliphatic heterocycles. The van der Waals surface area contributed by atoms with Gasteiger partial charge in [-0.1, -0.05) is 75.8 Å². The summed E-state index contributed by atoms with van der Waals surface area (Å²) in [4.78, 5) is 0. The van der Waals surface area contributed by atoms with Crippen molar-refractivity contribution in [3.8, 4) is 0 Å². The van der Waals surface area contributed by atoms with Gasteiger partial charge in [-0.2, -0.15) is 0 Å². The second-order valence-electron chi connectivity index (χ2n) is 6.50. The zero-order valence-electron chi connectivity index (χ0n) is 14.2. The minimum atomic E-state index is -1.45. The lowest BCUT2D eigenvalue weighted by molar-refractivity contribution is -0.164. The second kappa shape index (κ2) is 10.0. The van der Waals surface area contributed by atoms with Gasteiger partial charge in [0.2, 0.25) is 0 Å². The SMILES string of the molecule is CCCCCCCCC(O)(c1ccccc1)C(CO)(CO)CO. The molecule has 0 aliphatic carbocycles. The fourth-order valence-electron chi connectivity index (χ4n) is 3.13. The summed E-state index contributed by atoms with van der Waals surface area (Å²) in [6, 6.07) is 9.06. The Kier molecular flexibility index (Phi) is 8.77. The molecule has 0 aromatic heterocycles. The van der Waals surface area contributed by atoms with E-state index in [9.17, 15) is 20.4 Å². The van der Waals surface area contributed by atoms with Crippen LogP contribution in [0.15, 0.2) is 30.3 Å². The molecule has 132 valence electrons. The predicted molar refractivity (Wildman–Crippen MR) is 92.0 cm³/mol. The number of benzene rings is 1. The Bertz CT molecular complexity index is 408. The minimum absolute atomic E-state index is 0.408. The number of rotatable bonds is 12. The van der Waals surface area contributed by atoms with Crippen molar-refractivity contribution < 1.29 is 20.4 Å². The highest BCUT2D eigenvalue weighted by Gasteiger charge is 2.50. The molecule has 1 rings (SSSR count). The van der Waals surface area contributed by atoms with Crippen LogP contribution in [0.25, 0.3) is 0 Å². The van der Waals surface area contributed by atoms with Gasteiger partial charge in [-0.3, -0.25) is 0 Å². The molecule has 4 heteroatoms. The van der Waals surface area contributed by atoms with Crippen LogP contribution in [0.1, 0.15) is 57.4 Å². The van der Waals surface area contributed by atoms with Gasteiger partial charge in [0.25, 0.3) is 0 Å². The van der Waals surface area contributed by atoms with Gasteiger partial charge >= 0.3 is 0 Å². The number of aliphatic hydroxyl groups excluding tert-OH is 3. The molecule has 0 aliphatic rings. The number of hydrogen-bond donors (Lipinski definition) is 4. The van der Waals surface area contributed by atoms with Gasteiger partial charge in [0.1, 0.15) is 5.60 Å². The molecule has 1 unspecified atom stereocenters. The molecule has 1 aromatic carbocycles. The van der Waals surface area contributed by atoms with E-state index in [0.717, 1.165) is 19.3 Å². The van der Waals surface area contributed by atoms with Gasteiger partial charge in [0.05, 0.1) is 25.2 Å². The highest BCUT2D eigenvalue weighted by Crippen LogP contribution is 2.43. The Labute approximate surface area is 139 Å². The summed E-state index contributed by atoms with van der Waals surface area (Å²) >= 11 is 0. The van der Waals surface area contributed by atoms with Crippen molar-refractivity contribution in [1.29, 1.82) is 0 Å². The summed E-state index contributed by atoms with van der Waals surface area (Å²) in [7, 11) is 0. The molecule has 1 atom stereocenters. The monoisotopic (exact) mass is 324 g/mol. The van der Waals surface area contributed by atoms with E-state index in [0.29, 0.717) is 12.0 Å². The van der Waals surface area contributed by atoms with Crippen molar-refractivity contribution in [2.75, 3.05) is 19.8 Å². The predicted octanol–water partition coefficient (Wildman–Crippen LogP) is 2.59. The van der Waals surface area contributed by atoms with E-state index >= 15 is 0 Å². The van der Waals surface area contributed by atoms with E-state index in [1.54, 1.807) is 12.1 Å². The van der Waals surface area contributed by atoms with Crippen LogP contribution in [-0.4, -0.2) is 40.2 Å². The molecular formula is C19H32O4. The summed E-state index contributed by atoms with van der Waals surface area (Å²) in [5, 5.41) is 40.6. The lowest BCUT2D eigenvalue weighted by atomic mass is 9.67. The lowest BCUT2D eigenvalue weighted by Crippen LogP contribution is -2.53. The van der Waals surface area contributed by atoms with Crippen LogP contribution in [-0.2, 0) is 5.60 Å². The molecule has 1 aromatic rings. The van der Waals surface area contributed by atoms with Gasteiger partial charge < -0.3 is 20.4 Å². The highest BCUT2D eigenvalue weighted by molar-refractivity contribution is 5.26. The van der Waals surface area contributed by atoms with Crippen molar-refractivity contribution in [1.82, 2.24) is 0 Å². The van der Waals surface area contributed by atoms with Gasteiger partial charge in [-0.25, -0.2) is 0 Å². The number of hydrogen-bond acceptors (Lipinski definition) is 4. The smallest absolute Gasteiger partial charge is 0.102 e. The van der Waals surface area contributed by atoms with Gasteiger partial charge in [-0.05, 0) is 12.0 Å². The average molecular weight is 324 g/mol. The molecule has 0 fully saturated rings. The maximum atomic E-state index is 11.3. The van der Waals surface area contributed by atoms with E-state index in [1.165, 1.54) is 19.3 Å². The second-order valence-corrected chi connectivity index (χ2v) is 6.50. The first kappa shape index (κ1) is 20.1. The summed E-state index contributed by atoms with van der Waals surface area (Å²) < 4.78 is 0. The zero-order chi connectivity index (χ0) is 17.2. The molecule has 0 spiro atoms. The third-order valence-electron chi connectivity index (χ3n) is 4.93. The summed E-state index contributed by atoms with van der Waals surface area (Å²) in [6.07, 6.45) is 6.90. The van der Waals surface area contributed by atoms with Crippen LogP contribution < -0.4 is 0 Å². The normalized spacial score (nSPS) is 14.7. The Morgan fingerprint density at radius 2 is 1.30 bits per heavy atom. The Hall–Kier alpha value is -0.940. The molecule has 0 amide bonds. The van der Waals surface area contributed by atoms with Crippen LogP contribution in [0.4, 0.5) is 0 Å². The van der Waals surface area contributed by atoms with Crippen LogP contribution in [0.3, 0.4) is 0 Å². The molecule has 0 bridgehead atoms. The van der Waals surface area contributed by atoms with Crippen LogP contribution in [0.2, 0.25) is 0 Å². The van der Waals surface area contributed by atoms with Crippen molar-refractivity contribution in [3.63, 3.8) is 0 Å². The van der Waals surface area contributed by atoms with Crippen molar-refractivity contribution in [3.05, 3.63) is 35.9 Å². The largest absolute Gasteiger partial charge is 0.395 e. The third-order valence-corrected chi connectivity index (χ3v) is 4.93. The van der Waals surface area contributed by atoms with E-state index in [1.807, 2.05) is 18.2 Å². The molecule has 0 radical (unpaired) electrons. The van der Waals surface area contributed by atoms with Crippen molar-refractivity contribution in [2.45, 2.75) is 57.5 Å². The molecule has 4 nitrogen and oxygen atoms in total. The quantitative estimate of drug-likeness (QED) is 0.446. The summed E-state index contributed by atoms with van der Waals surface area (Å²) in [5.41, 5.74) is -2.17. The molecular weight excluding hydrogens is 292 g/mol. The molecule has 4 N–H and O–H groups in total. The number of aliphatic hydroxyl groups is 4. The number of unbranched alkanes of at least 4 members (excludes halogenated alkanes) is 5. The first-order chi connectivity index (χ1) is 11.1. The maximum absolute atomic E-state index is 11.3. The average Bonchev–Trinajstić information content (AvgIpc) is 2.60. The van der Waals surface area contributed by atoms with Gasteiger partial charge in [-0.15, -0.1) is 0 Å². The van der Waals surface area contributed by atoms with Crippen LogP contribution in [0.5, 0.6) is 0 Å². The molecule has 23 heavy (non-hydrogen) atoms. The first-order valence-corrected chi connectivity index (χ1v) is 8.70. The van der Waals surface area contributed by atoms with Gasteiger partial charge in [0.15, 0.2) is 0 Å². The lowest BCUT2D eigenvalue weighted by Gasteiger charge is -2.45. The Morgan fingerprint density at radius 1 is 0.783 bits per heavy atom. The van der Waals surface area contributed by atoms with Crippen LogP contribution in [0, 0.1) is 5.41 Å². The molecule has 0 heterocycles. The first-order valence-electron chi connectivity index (χ1n) is 8.70. The van der Waals surface area contributed by atoms with Crippen LogP contribution >= 0.6 is 0 Å². The fourth-order valence-corrected chi connectivity index (χ4v) is 3.13. The molecule has 0 saturated heterocycles. The Balaban J connectivity index is 2.89. The van der Waals surface area contributed by atoms with E-state index in [-0.39, 0.29) is 0 Å². The van der Waals surface area contributed by atoms with Crippen molar-refractivity contribution in [2.24, 2.45) is 5.41 Å². The minimum Gasteiger partial charge on any atom is -0.395 e. The Morgan fingerprint density at radius 3 is 1.83 bits per heavy atom. The fraction of sp³-hybridized carbons (Fsp3) is 0.684. The summed E-state index contributed by atoms with van der Waals surface area (Å²) in [5.74, 6) is 0. The molecule has 0 saturated carbocycles. The van der Waals surface area contributed by atoms with E-state index in [4.69, 9.17) is 0 Å². The van der Waals surface area contributed by atoms with Crippen molar-refractivity contribution >= 4 is 0 Å². The van der Waals surface area contributed by atoms with E-state index < -0.39 is 30.8 Å². The standard InChI is InChI=1S/C19H32O4/c1-2-3-4-5-6-10-13-19(23,17-11-8-7-9-12-17)18(14-20,15-21)16-22/h7-9,11-12,20-23H,2-6,10,13-16H2,1H3. The maximum Gasteiger partial charge on any atom is 0.102 e. The van der Waals surface area contributed by atoms with Gasteiger partial charge in [0, 0.05) is 0 Å². The van der Waals surface area contributed by atoms with E-state index in [2.05, 4.69) is 6.92 Å². The topological polar surface area (TPSA) is 80.9 Å². The summed E-state index contributed by atoms with van der Waals surface area (Å²) in [6.45, 7) is 0.760. The zero-order valence-corrected chi connectivity index (χ0v) is 14.2. The highest BCUT2D eigenvalue weighted by atomic mass is 16.3. The third kappa shape index (κ3) is 4.77.